The number of aromatic nitrogens is 3. The SMILES string of the molecule is C.C=C[Si]1(C)O[Si](C)(C=C)O[Si](C)(C=C)O1.C[Si](C)(C)OCC(O)Cn1c(=O)n(CC(O)CO)c(=O)n(CC2CO2)c1=O. The molecular weight excluding hydrogens is 631 g/mol. The minimum Gasteiger partial charge on any atom is -0.415 e. The van der Waals surface area contributed by atoms with Crippen molar-refractivity contribution in [3.05, 3.63) is 68.3 Å². The van der Waals surface area contributed by atoms with E-state index in [0.717, 1.165) is 9.13 Å². The van der Waals surface area contributed by atoms with E-state index in [2.05, 4.69) is 19.7 Å². The number of epoxide rings is 1. The number of hydrogen-bond acceptors (Lipinski definition) is 11. The number of aliphatic hydroxyl groups excluding tert-OH is 3. The molecule has 43 heavy (non-hydrogen) atoms. The van der Waals surface area contributed by atoms with Crippen LogP contribution < -0.4 is 17.1 Å². The van der Waals surface area contributed by atoms with Crippen molar-refractivity contribution in [2.24, 2.45) is 0 Å². The second-order valence-electron chi connectivity index (χ2n) is 11.5. The largest absolute Gasteiger partial charge is 0.415 e. The van der Waals surface area contributed by atoms with Gasteiger partial charge in [-0.15, -0.1) is 19.7 Å². The second kappa shape index (κ2) is 15.5. The number of ether oxygens (including phenoxy) is 1. The van der Waals surface area contributed by atoms with Crippen LogP contribution in [0.15, 0.2) is 51.2 Å². The smallest absolute Gasteiger partial charge is 0.344 e. The highest BCUT2D eigenvalue weighted by Crippen LogP contribution is 2.31. The van der Waals surface area contributed by atoms with E-state index in [-0.39, 0.29) is 33.2 Å². The van der Waals surface area contributed by atoms with Gasteiger partial charge in [-0.1, -0.05) is 24.5 Å². The molecule has 3 unspecified atom stereocenters. The summed E-state index contributed by atoms with van der Waals surface area (Å²) in [5.41, 5.74) is 2.66. The third-order valence-corrected chi connectivity index (χ3v) is 19.2. The van der Waals surface area contributed by atoms with Crippen molar-refractivity contribution in [3.63, 3.8) is 0 Å². The lowest BCUT2D eigenvalue weighted by atomic mass is 10.3. The van der Waals surface area contributed by atoms with Crippen molar-refractivity contribution in [3.8, 4) is 0 Å². The van der Waals surface area contributed by atoms with Gasteiger partial charge in [0.1, 0.15) is 0 Å². The first kappa shape index (κ1) is 39.2. The van der Waals surface area contributed by atoms with Crippen LogP contribution in [0, 0.1) is 0 Å². The molecule has 3 atom stereocenters. The summed E-state index contributed by atoms with van der Waals surface area (Å²) in [5.74, 6) is 0. The molecule has 1 aromatic heterocycles. The lowest BCUT2D eigenvalue weighted by Gasteiger charge is -2.46. The van der Waals surface area contributed by atoms with Crippen LogP contribution in [0.2, 0.25) is 39.3 Å². The molecule has 0 spiro atoms. The summed E-state index contributed by atoms with van der Waals surface area (Å²) in [4.78, 5) is 37.7. The van der Waals surface area contributed by atoms with Crippen molar-refractivity contribution in [1.29, 1.82) is 0 Å². The van der Waals surface area contributed by atoms with Gasteiger partial charge in [0.2, 0.25) is 0 Å². The normalized spacial score (nSPS) is 28.0. The monoisotopic (exact) mass is 679 g/mol. The van der Waals surface area contributed by atoms with E-state index >= 15 is 0 Å². The Kier molecular flexibility index (Phi) is 14.1. The Labute approximate surface area is 257 Å². The Balaban J connectivity index is 0.000000491. The van der Waals surface area contributed by atoms with Crippen LogP contribution in [0.3, 0.4) is 0 Å². The van der Waals surface area contributed by atoms with E-state index < -0.39 is 76.4 Å². The summed E-state index contributed by atoms with van der Waals surface area (Å²) >= 11 is 0. The predicted molar refractivity (Wildman–Crippen MR) is 173 cm³/mol. The molecule has 0 saturated carbocycles. The first-order chi connectivity index (χ1) is 19.3. The third-order valence-electron chi connectivity index (χ3n) is 6.21. The molecule has 2 aliphatic rings. The van der Waals surface area contributed by atoms with Crippen LogP contribution in [0.25, 0.3) is 0 Å². The highest BCUT2D eigenvalue weighted by Gasteiger charge is 2.53. The zero-order chi connectivity index (χ0) is 32.1. The zero-order valence-electron chi connectivity index (χ0n) is 25.3. The van der Waals surface area contributed by atoms with Crippen LogP contribution in [0.1, 0.15) is 7.43 Å². The Morgan fingerprint density at radius 3 is 1.56 bits per heavy atom. The standard InChI is InChI=1S/C15H27N3O8Si.C9H18O3Si3.CH4/c1-27(2,3)26-8-11(21)5-17-13(22)16(4-10(20)7-19)14(23)18(15(17)24)6-12-9-25-12;1-7-13(4)10-14(5,8-2)12-15(6,9-3)11-13;/h10-12,19-21H,4-9H2,1-3H3;7-9H,1-3H2,4-6H3;1H4. The van der Waals surface area contributed by atoms with Gasteiger partial charge in [-0.25, -0.2) is 28.1 Å². The van der Waals surface area contributed by atoms with Crippen molar-refractivity contribution in [1.82, 2.24) is 13.7 Å². The van der Waals surface area contributed by atoms with Crippen LogP contribution in [0.4, 0.5) is 0 Å². The lowest BCUT2D eigenvalue weighted by molar-refractivity contribution is 0.0736. The quantitative estimate of drug-likeness (QED) is 0.192. The van der Waals surface area contributed by atoms with E-state index in [4.69, 9.17) is 26.6 Å². The molecular formula is C25H49N3O11Si4. The molecule has 0 radical (unpaired) electrons. The zero-order valence-corrected chi connectivity index (χ0v) is 29.3. The molecule has 2 fully saturated rings. The average molecular weight is 680 g/mol. The fourth-order valence-corrected chi connectivity index (χ4v) is 17.9. The molecule has 2 aliphatic heterocycles. The van der Waals surface area contributed by atoms with E-state index in [1.807, 2.05) is 39.3 Å². The highest BCUT2D eigenvalue weighted by atomic mass is 28.5. The number of aliphatic hydroxyl groups is 3. The Morgan fingerprint density at radius 1 is 0.860 bits per heavy atom. The van der Waals surface area contributed by atoms with Crippen LogP contribution >= 0.6 is 0 Å². The summed E-state index contributed by atoms with van der Waals surface area (Å²) in [5, 5.41) is 28.8. The van der Waals surface area contributed by atoms with Gasteiger partial charge < -0.3 is 36.8 Å². The highest BCUT2D eigenvalue weighted by molar-refractivity contribution is 6.98. The molecule has 3 rings (SSSR count). The van der Waals surface area contributed by atoms with Gasteiger partial charge in [0.15, 0.2) is 8.32 Å². The molecule has 0 bridgehead atoms. The van der Waals surface area contributed by atoms with E-state index in [0.29, 0.717) is 11.2 Å². The lowest BCUT2D eigenvalue weighted by Crippen LogP contribution is -2.65. The maximum Gasteiger partial charge on any atom is 0.344 e. The van der Waals surface area contributed by atoms with E-state index in [1.165, 1.54) is 0 Å². The Bertz CT molecular complexity index is 1250. The van der Waals surface area contributed by atoms with E-state index in [1.54, 1.807) is 17.1 Å². The summed E-state index contributed by atoms with van der Waals surface area (Å²) in [6.07, 6.45) is -2.76. The summed E-state index contributed by atoms with van der Waals surface area (Å²) < 4.78 is 30.7. The van der Waals surface area contributed by atoms with Gasteiger partial charge in [-0.3, -0.25) is 0 Å². The molecule has 0 amide bonds. The fourth-order valence-electron chi connectivity index (χ4n) is 3.93. The van der Waals surface area contributed by atoms with Crippen molar-refractivity contribution < 1.29 is 36.8 Å². The molecule has 2 saturated heterocycles. The molecule has 246 valence electrons. The molecule has 3 N–H and O–H groups in total. The second-order valence-corrected chi connectivity index (χ2v) is 25.8. The maximum absolute atomic E-state index is 12.6. The summed E-state index contributed by atoms with van der Waals surface area (Å²) in [6, 6.07) is 0. The van der Waals surface area contributed by atoms with Gasteiger partial charge in [0.25, 0.3) is 0 Å². The summed E-state index contributed by atoms with van der Waals surface area (Å²) in [6.45, 7) is 21.9. The molecule has 18 heteroatoms. The molecule has 14 nitrogen and oxygen atoms in total. The van der Waals surface area contributed by atoms with Crippen molar-refractivity contribution >= 4 is 34.0 Å². The topological polar surface area (TPSA) is 176 Å². The first-order valence-corrected chi connectivity index (χ1v) is 24.1. The van der Waals surface area contributed by atoms with Gasteiger partial charge >= 0.3 is 42.8 Å². The Morgan fingerprint density at radius 2 is 1.23 bits per heavy atom. The first-order valence-electron chi connectivity index (χ1n) is 13.5. The van der Waals surface area contributed by atoms with Gasteiger partial charge in [-0.05, 0) is 39.3 Å². The number of rotatable bonds is 13. The van der Waals surface area contributed by atoms with Crippen LogP contribution in [-0.2, 0) is 41.1 Å². The Hall–Kier alpha value is -1.82. The molecule has 0 aliphatic carbocycles. The minimum absolute atomic E-state index is 0. The third kappa shape index (κ3) is 11.2. The van der Waals surface area contributed by atoms with Crippen LogP contribution in [0.5, 0.6) is 0 Å². The van der Waals surface area contributed by atoms with Gasteiger partial charge in [0, 0.05) is 0 Å². The van der Waals surface area contributed by atoms with Crippen molar-refractivity contribution in [2.45, 2.75) is 84.7 Å². The molecule has 1 aromatic rings. The number of nitrogens with zero attached hydrogens (tertiary/aromatic N) is 3. The average Bonchev–Trinajstić information content (AvgIpc) is 3.74. The summed E-state index contributed by atoms with van der Waals surface area (Å²) in [7, 11) is -8.81. The maximum atomic E-state index is 12.6. The van der Waals surface area contributed by atoms with Crippen molar-refractivity contribution in [2.75, 3.05) is 19.8 Å². The fraction of sp³-hybridized carbons (Fsp3) is 0.640. The van der Waals surface area contributed by atoms with E-state index in [9.17, 15) is 24.6 Å². The van der Waals surface area contributed by atoms with Gasteiger partial charge in [-0.2, -0.15) is 0 Å². The number of hydrogen-bond donors (Lipinski definition) is 3. The predicted octanol–water partition coefficient (Wildman–Crippen LogP) is 0.214. The molecule has 3 heterocycles. The molecule has 0 aromatic carbocycles. The minimum atomic E-state index is -2.30. The van der Waals surface area contributed by atoms with Gasteiger partial charge in [0.05, 0.1) is 57.8 Å². The van der Waals surface area contributed by atoms with Crippen LogP contribution in [-0.4, -0.2) is 101 Å².